The van der Waals surface area contributed by atoms with Crippen molar-refractivity contribution in [2.24, 2.45) is 0 Å². The largest absolute Gasteiger partial charge is 0.392 e. The molecule has 1 aliphatic carbocycles. The first-order chi connectivity index (χ1) is 11.7. The van der Waals surface area contributed by atoms with Gasteiger partial charge in [-0.15, -0.1) is 10.2 Å². The van der Waals surface area contributed by atoms with Crippen LogP contribution in [0.3, 0.4) is 0 Å². The van der Waals surface area contributed by atoms with Crippen molar-refractivity contribution in [3.63, 3.8) is 0 Å². The molecule has 126 valence electrons. The summed E-state index contributed by atoms with van der Waals surface area (Å²) in [7, 11) is 0. The molecule has 0 saturated carbocycles. The zero-order valence-electron chi connectivity index (χ0n) is 13.6. The van der Waals surface area contributed by atoms with Gasteiger partial charge in [-0.1, -0.05) is 24.3 Å². The maximum absolute atomic E-state index is 12.4. The predicted molar refractivity (Wildman–Crippen MR) is 88.3 cm³/mol. The molecule has 1 saturated heterocycles. The van der Waals surface area contributed by atoms with Crippen molar-refractivity contribution in [1.29, 1.82) is 0 Å². The number of aryl methyl sites for hydroxylation is 1. The minimum Gasteiger partial charge on any atom is -0.392 e. The highest BCUT2D eigenvalue weighted by Gasteiger charge is 2.47. The van der Waals surface area contributed by atoms with Gasteiger partial charge in [0.05, 0.1) is 6.10 Å². The molecule has 1 spiro atoms. The molecule has 4 rings (SSSR count). The summed E-state index contributed by atoms with van der Waals surface area (Å²) in [5.74, 6) is 0.166. The van der Waals surface area contributed by atoms with Crippen molar-refractivity contribution in [3.8, 4) is 0 Å². The van der Waals surface area contributed by atoms with Gasteiger partial charge in [-0.3, -0.25) is 4.79 Å². The third-order valence-electron chi connectivity index (χ3n) is 5.66. The van der Waals surface area contributed by atoms with E-state index in [1.54, 1.807) is 12.7 Å². The maximum atomic E-state index is 12.4. The molecule has 1 aromatic heterocycles. The number of fused-ring (bicyclic) bond motifs is 2. The first-order valence-corrected chi connectivity index (χ1v) is 8.56. The summed E-state index contributed by atoms with van der Waals surface area (Å²) in [6, 6.07) is 8.35. The van der Waals surface area contributed by atoms with Crippen molar-refractivity contribution in [2.75, 3.05) is 13.1 Å². The van der Waals surface area contributed by atoms with Crippen LogP contribution in [0.2, 0.25) is 0 Å². The van der Waals surface area contributed by atoms with E-state index >= 15 is 0 Å². The Morgan fingerprint density at radius 2 is 1.92 bits per heavy atom. The fourth-order valence-corrected chi connectivity index (χ4v) is 4.25. The van der Waals surface area contributed by atoms with Crippen molar-refractivity contribution in [1.82, 2.24) is 19.7 Å². The molecule has 24 heavy (non-hydrogen) atoms. The Hall–Kier alpha value is -2.21. The van der Waals surface area contributed by atoms with E-state index in [-0.39, 0.29) is 17.4 Å². The van der Waals surface area contributed by atoms with Crippen molar-refractivity contribution in [2.45, 2.75) is 43.7 Å². The van der Waals surface area contributed by atoms with Crippen LogP contribution in [0.4, 0.5) is 0 Å². The fourth-order valence-electron chi connectivity index (χ4n) is 4.25. The van der Waals surface area contributed by atoms with Crippen molar-refractivity contribution < 1.29 is 9.90 Å². The Balaban J connectivity index is 1.41. The summed E-state index contributed by atoms with van der Waals surface area (Å²) < 4.78 is 1.82. The highest BCUT2D eigenvalue weighted by atomic mass is 16.3. The predicted octanol–water partition coefficient (Wildman–Crippen LogP) is 1.15. The number of carbonyl (C=O) groups is 1. The second-order valence-corrected chi connectivity index (χ2v) is 6.86. The number of likely N-dealkylation sites (tertiary alicyclic amines) is 1. The highest BCUT2D eigenvalue weighted by Crippen LogP contribution is 2.46. The van der Waals surface area contributed by atoms with Gasteiger partial charge >= 0.3 is 0 Å². The topological polar surface area (TPSA) is 71.2 Å². The van der Waals surface area contributed by atoms with Gasteiger partial charge < -0.3 is 14.6 Å². The van der Waals surface area contributed by atoms with Crippen LogP contribution in [-0.2, 0) is 23.2 Å². The van der Waals surface area contributed by atoms with Gasteiger partial charge in [0.1, 0.15) is 12.7 Å². The van der Waals surface area contributed by atoms with E-state index in [2.05, 4.69) is 28.4 Å². The summed E-state index contributed by atoms with van der Waals surface area (Å²) in [5.41, 5.74) is 2.38. The molecule has 1 aromatic carbocycles. The smallest absolute Gasteiger partial charge is 0.224 e. The number of carbonyl (C=O) groups excluding carboxylic acids is 1. The van der Waals surface area contributed by atoms with Crippen molar-refractivity contribution >= 4 is 5.91 Å². The summed E-state index contributed by atoms with van der Waals surface area (Å²) in [6.07, 6.45) is 5.80. The molecular formula is C18H22N4O2. The third-order valence-corrected chi connectivity index (χ3v) is 5.66. The van der Waals surface area contributed by atoms with E-state index in [4.69, 9.17) is 0 Å². The Kier molecular flexibility index (Phi) is 3.84. The van der Waals surface area contributed by atoms with Crippen LogP contribution in [0.15, 0.2) is 36.9 Å². The lowest BCUT2D eigenvalue weighted by Crippen LogP contribution is -2.49. The summed E-state index contributed by atoms with van der Waals surface area (Å²) in [4.78, 5) is 14.4. The average Bonchev–Trinajstić information content (AvgIpc) is 3.21. The molecule has 6 heteroatoms. The van der Waals surface area contributed by atoms with Crippen LogP contribution < -0.4 is 0 Å². The van der Waals surface area contributed by atoms with Gasteiger partial charge in [0, 0.05) is 31.5 Å². The molecular weight excluding hydrogens is 304 g/mol. The Morgan fingerprint density at radius 3 is 2.67 bits per heavy atom. The Morgan fingerprint density at radius 1 is 1.21 bits per heavy atom. The zero-order valence-corrected chi connectivity index (χ0v) is 13.6. The number of hydrogen-bond acceptors (Lipinski definition) is 4. The average molecular weight is 326 g/mol. The number of benzene rings is 1. The number of aromatic nitrogens is 3. The standard InChI is InChI=1S/C18H22N4O2/c23-16-11-14-3-1-2-4-15(14)18(16)6-9-22(10-7-18)17(24)5-8-21-12-19-20-13-21/h1-4,12-13,16,23H,5-11H2. The molecule has 1 fully saturated rings. The molecule has 2 aromatic rings. The molecule has 1 amide bonds. The monoisotopic (exact) mass is 326 g/mol. The lowest BCUT2D eigenvalue weighted by atomic mass is 9.72. The van der Waals surface area contributed by atoms with Gasteiger partial charge in [-0.2, -0.15) is 0 Å². The lowest BCUT2D eigenvalue weighted by Gasteiger charge is -2.42. The van der Waals surface area contributed by atoms with Crippen molar-refractivity contribution in [3.05, 3.63) is 48.0 Å². The summed E-state index contributed by atoms with van der Waals surface area (Å²) in [6.45, 7) is 2.04. The second-order valence-electron chi connectivity index (χ2n) is 6.86. The highest BCUT2D eigenvalue weighted by molar-refractivity contribution is 5.76. The number of hydrogen-bond donors (Lipinski definition) is 1. The SMILES string of the molecule is O=C(CCn1cnnc1)N1CCC2(CC1)c1ccccc1CC2O. The third kappa shape index (κ3) is 2.51. The van der Waals surface area contributed by atoms with E-state index < -0.39 is 0 Å². The van der Waals surface area contributed by atoms with Gasteiger partial charge in [0.15, 0.2) is 0 Å². The number of piperidine rings is 1. The molecule has 2 aliphatic rings. The molecule has 2 heterocycles. The minimum atomic E-state index is -0.329. The van der Waals surface area contributed by atoms with E-state index in [9.17, 15) is 9.90 Å². The molecule has 1 atom stereocenters. The fraction of sp³-hybridized carbons (Fsp3) is 0.500. The number of rotatable bonds is 3. The van der Waals surface area contributed by atoms with Crippen LogP contribution in [-0.4, -0.2) is 49.9 Å². The van der Waals surface area contributed by atoms with Gasteiger partial charge in [-0.05, 0) is 30.4 Å². The van der Waals surface area contributed by atoms with Gasteiger partial charge in [0.25, 0.3) is 0 Å². The minimum absolute atomic E-state index is 0.165. The second kappa shape index (κ2) is 6.02. The number of aliphatic hydroxyl groups is 1. The number of nitrogens with zero attached hydrogens (tertiary/aromatic N) is 4. The van der Waals surface area contributed by atoms with Crippen LogP contribution in [0, 0.1) is 0 Å². The summed E-state index contributed by atoms with van der Waals surface area (Å²) >= 11 is 0. The van der Waals surface area contributed by atoms with E-state index in [0.717, 1.165) is 19.3 Å². The van der Waals surface area contributed by atoms with Crippen LogP contribution >= 0.6 is 0 Å². The molecule has 1 N–H and O–H groups in total. The molecule has 0 bridgehead atoms. The Labute approximate surface area is 141 Å². The lowest BCUT2D eigenvalue weighted by molar-refractivity contribution is -0.133. The molecule has 1 aliphatic heterocycles. The van der Waals surface area contributed by atoms with Gasteiger partial charge in [-0.25, -0.2) is 0 Å². The maximum Gasteiger partial charge on any atom is 0.224 e. The first kappa shape index (κ1) is 15.3. The molecule has 1 unspecified atom stereocenters. The van der Waals surface area contributed by atoms with Crippen LogP contribution in [0.1, 0.15) is 30.4 Å². The Bertz CT molecular complexity index is 720. The van der Waals surface area contributed by atoms with E-state index in [1.165, 1.54) is 11.1 Å². The normalized spacial score (nSPS) is 21.9. The molecule has 0 radical (unpaired) electrons. The van der Waals surface area contributed by atoms with Gasteiger partial charge in [0.2, 0.25) is 5.91 Å². The zero-order chi connectivity index (χ0) is 16.6. The summed E-state index contributed by atoms with van der Waals surface area (Å²) in [5, 5.41) is 18.2. The number of aliphatic hydroxyl groups excluding tert-OH is 1. The molecule has 6 nitrogen and oxygen atoms in total. The van der Waals surface area contributed by atoms with E-state index in [1.807, 2.05) is 15.5 Å². The van der Waals surface area contributed by atoms with E-state index in [0.29, 0.717) is 26.1 Å². The van der Waals surface area contributed by atoms with Crippen LogP contribution in [0.25, 0.3) is 0 Å². The quantitative estimate of drug-likeness (QED) is 0.918. The van der Waals surface area contributed by atoms with Crippen LogP contribution in [0.5, 0.6) is 0 Å². The first-order valence-electron chi connectivity index (χ1n) is 8.56. The number of amides is 1.